The minimum Gasteiger partial charge on any atom is -0.299 e. The van der Waals surface area contributed by atoms with Gasteiger partial charge in [0.1, 0.15) is 5.78 Å². The van der Waals surface area contributed by atoms with Crippen molar-refractivity contribution in [3.05, 3.63) is 11.6 Å². The van der Waals surface area contributed by atoms with Crippen molar-refractivity contribution in [2.24, 2.45) is 34.5 Å². The second-order valence-electron chi connectivity index (χ2n) is 9.17. The van der Waals surface area contributed by atoms with Crippen molar-refractivity contribution >= 4 is 11.6 Å². The predicted molar refractivity (Wildman–Crippen MR) is 90.9 cm³/mol. The fraction of sp³-hybridized carbons (Fsp3) is 0.810. The van der Waals surface area contributed by atoms with Gasteiger partial charge in [-0.1, -0.05) is 32.8 Å². The molecule has 0 saturated heterocycles. The SMILES string of the molecule is CC[C@H]1CC[C@H]2[C@@H]3CCC4=CC(=O)CC[C@]4(C)[C@H]3C(=O)C[C@]12C. The predicted octanol–water partition coefficient (Wildman–Crippen LogP) is 4.72. The highest BCUT2D eigenvalue weighted by molar-refractivity contribution is 5.93. The molecule has 0 amide bonds. The quantitative estimate of drug-likeness (QED) is 0.701. The molecule has 23 heavy (non-hydrogen) atoms. The molecular weight excluding hydrogens is 284 g/mol. The number of hydrogen-bond acceptors (Lipinski definition) is 2. The van der Waals surface area contributed by atoms with Gasteiger partial charge in [-0.15, -0.1) is 0 Å². The third kappa shape index (κ3) is 1.99. The van der Waals surface area contributed by atoms with Crippen LogP contribution in [-0.2, 0) is 9.59 Å². The highest BCUT2D eigenvalue weighted by atomic mass is 16.1. The maximum absolute atomic E-state index is 13.3. The Labute approximate surface area is 140 Å². The molecule has 2 heteroatoms. The summed E-state index contributed by atoms with van der Waals surface area (Å²) >= 11 is 0. The fourth-order valence-electron chi connectivity index (χ4n) is 7.15. The third-order valence-electron chi connectivity index (χ3n) is 8.34. The van der Waals surface area contributed by atoms with E-state index in [2.05, 4.69) is 20.8 Å². The Balaban J connectivity index is 1.73. The first-order chi connectivity index (χ1) is 10.9. The topological polar surface area (TPSA) is 34.1 Å². The molecule has 0 N–H and O–H groups in total. The van der Waals surface area contributed by atoms with E-state index >= 15 is 0 Å². The van der Waals surface area contributed by atoms with Gasteiger partial charge in [-0.2, -0.15) is 0 Å². The van der Waals surface area contributed by atoms with Crippen LogP contribution in [0.2, 0.25) is 0 Å². The molecule has 0 bridgehead atoms. The van der Waals surface area contributed by atoms with Gasteiger partial charge in [-0.05, 0) is 66.8 Å². The molecule has 126 valence electrons. The number of rotatable bonds is 1. The molecule has 0 heterocycles. The van der Waals surface area contributed by atoms with Crippen LogP contribution in [0.1, 0.15) is 72.1 Å². The van der Waals surface area contributed by atoms with Crippen molar-refractivity contribution < 1.29 is 9.59 Å². The Morgan fingerprint density at radius 1 is 1.13 bits per heavy atom. The minimum atomic E-state index is -0.0282. The maximum Gasteiger partial charge on any atom is 0.155 e. The first kappa shape index (κ1) is 15.6. The van der Waals surface area contributed by atoms with Crippen LogP contribution in [0.5, 0.6) is 0 Å². The molecule has 6 atom stereocenters. The molecule has 0 aromatic rings. The molecule has 3 fully saturated rings. The normalized spacial score (nSPS) is 49.3. The summed E-state index contributed by atoms with van der Waals surface area (Å²) in [6.07, 6.45) is 10.2. The molecule has 4 aliphatic rings. The van der Waals surface area contributed by atoms with Crippen LogP contribution in [-0.4, -0.2) is 11.6 Å². The summed E-state index contributed by atoms with van der Waals surface area (Å²) in [6.45, 7) is 6.99. The van der Waals surface area contributed by atoms with Crippen LogP contribution in [0.15, 0.2) is 11.6 Å². The van der Waals surface area contributed by atoms with Crippen LogP contribution in [0.25, 0.3) is 0 Å². The molecule has 0 radical (unpaired) electrons. The first-order valence-corrected chi connectivity index (χ1v) is 9.66. The monoisotopic (exact) mass is 314 g/mol. The standard InChI is InChI=1S/C21H30O2/c1-4-13-6-8-17-16-7-5-14-11-15(22)9-10-20(14,2)19(16)18(23)12-21(13,17)3/h11,13,16-17,19H,4-10,12H2,1-3H3/t13-,16-,17-,19+,20-,21+/m0/s1. The lowest BCUT2D eigenvalue weighted by atomic mass is 9.46. The minimum absolute atomic E-state index is 0.0282. The van der Waals surface area contributed by atoms with Gasteiger partial charge in [0.25, 0.3) is 0 Å². The molecule has 0 aromatic heterocycles. The van der Waals surface area contributed by atoms with Crippen molar-refractivity contribution in [2.45, 2.75) is 72.1 Å². The second-order valence-corrected chi connectivity index (χ2v) is 9.17. The molecule has 0 aliphatic heterocycles. The number of Topliss-reactive ketones (excluding diaryl/α,β-unsaturated/α-hetero) is 1. The molecule has 0 unspecified atom stereocenters. The molecule has 3 saturated carbocycles. The highest BCUT2D eigenvalue weighted by Gasteiger charge is 2.61. The van der Waals surface area contributed by atoms with Gasteiger partial charge in [0.2, 0.25) is 0 Å². The lowest BCUT2D eigenvalue weighted by molar-refractivity contribution is -0.146. The zero-order valence-corrected chi connectivity index (χ0v) is 14.9. The van der Waals surface area contributed by atoms with E-state index in [0.29, 0.717) is 18.1 Å². The van der Waals surface area contributed by atoms with Gasteiger partial charge >= 0.3 is 0 Å². The summed E-state index contributed by atoms with van der Waals surface area (Å²) in [6, 6.07) is 0. The largest absolute Gasteiger partial charge is 0.299 e. The molecule has 0 spiro atoms. The lowest BCUT2D eigenvalue weighted by Gasteiger charge is -2.57. The van der Waals surface area contributed by atoms with Gasteiger partial charge in [0.15, 0.2) is 5.78 Å². The van der Waals surface area contributed by atoms with E-state index in [1.807, 2.05) is 6.08 Å². The molecular formula is C21H30O2. The number of carbonyl (C=O) groups is 2. The maximum atomic E-state index is 13.3. The van der Waals surface area contributed by atoms with Crippen molar-refractivity contribution in [3.63, 3.8) is 0 Å². The van der Waals surface area contributed by atoms with Crippen molar-refractivity contribution in [1.29, 1.82) is 0 Å². The summed E-state index contributed by atoms with van der Waals surface area (Å²) in [7, 11) is 0. The van der Waals surface area contributed by atoms with Gasteiger partial charge in [-0.25, -0.2) is 0 Å². The first-order valence-electron chi connectivity index (χ1n) is 9.66. The molecule has 2 nitrogen and oxygen atoms in total. The summed E-state index contributed by atoms with van der Waals surface area (Å²) in [5, 5.41) is 0. The van der Waals surface area contributed by atoms with Crippen LogP contribution < -0.4 is 0 Å². The zero-order valence-electron chi connectivity index (χ0n) is 14.9. The van der Waals surface area contributed by atoms with Crippen molar-refractivity contribution in [2.75, 3.05) is 0 Å². The Kier molecular flexibility index (Phi) is 3.42. The van der Waals surface area contributed by atoms with Crippen LogP contribution in [0, 0.1) is 34.5 Å². The molecule has 0 aromatic carbocycles. The van der Waals surface area contributed by atoms with Crippen LogP contribution in [0.3, 0.4) is 0 Å². The number of hydrogen-bond donors (Lipinski definition) is 0. The zero-order chi connectivity index (χ0) is 16.4. The fourth-order valence-corrected chi connectivity index (χ4v) is 7.15. The highest BCUT2D eigenvalue weighted by Crippen LogP contribution is 2.65. The van der Waals surface area contributed by atoms with Gasteiger partial charge < -0.3 is 0 Å². The third-order valence-corrected chi connectivity index (χ3v) is 8.34. The Hall–Kier alpha value is -0.920. The van der Waals surface area contributed by atoms with E-state index in [-0.39, 0.29) is 22.5 Å². The Morgan fingerprint density at radius 3 is 2.65 bits per heavy atom. The average Bonchev–Trinajstić information content (AvgIpc) is 2.83. The summed E-state index contributed by atoms with van der Waals surface area (Å²) in [5.41, 5.74) is 1.51. The number of allylic oxidation sites excluding steroid dienone is 1. The van der Waals surface area contributed by atoms with E-state index in [4.69, 9.17) is 0 Å². The molecule has 4 rings (SSSR count). The van der Waals surface area contributed by atoms with Crippen molar-refractivity contribution in [1.82, 2.24) is 0 Å². The van der Waals surface area contributed by atoms with E-state index in [0.717, 1.165) is 37.5 Å². The van der Waals surface area contributed by atoms with E-state index in [9.17, 15) is 9.59 Å². The Morgan fingerprint density at radius 2 is 1.91 bits per heavy atom. The van der Waals surface area contributed by atoms with Gasteiger partial charge in [0.05, 0.1) is 0 Å². The van der Waals surface area contributed by atoms with Crippen molar-refractivity contribution in [3.8, 4) is 0 Å². The van der Waals surface area contributed by atoms with Crippen LogP contribution >= 0.6 is 0 Å². The second kappa shape index (κ2) is 5.04. The summed E-state index contributed by atoms with van der Waals surface area (Å²) in [5.74, 6) is 2.99. The number of ketones is 2. The van der Waals surface area contributed by atoms with E-state index in [1.54, 1.807) is 0 Å². The Bertz CT molecular complexity index is 589. The number of carbonyl (C=O) groups excluding carboxylic acids is 2. The van der Waals surface area contributed by atoms with E-state index < -0.39 is 0 Å². The van der Waals surface area contributed by atoms with E-state index in [1.165, 1.54) is 24.8 Å². The summed E-state index contributed by atoms with van der Waals surface area (Å²) in [4.78, 5) is 25.1. The van der Waals surface area contributed by atoms with Gasteiger partial charge in [-0.3, -0.25) is 9.59 Å². The number of fused-ring (bicyclic) bond motifs is 5. The molecule has 4 aliphatic carbocycles. The smallest absolute Gasteiger partial charge is 0.155 e. The van der Waals surface area contributed by atoms with Gasteiger partial charge in [0, 0.05) is 18.8 Å². The van der Waals surface area contributed by atoms with Crippen LogP contribution in [0.4, 0.5) is 0 Å². The average molecular weight is 314 g/mol. The summed E-state index contributed by atoms with van der Waals surface area (Å²) < 4.78 is 0. The lowest BCUT2D eigenvalue weighted by Crippen LogP contribution is -2.54.